The number of hydrogen-bond acceptors (Lipinski definition) is 4. The van der Waals surface area contributed by atoms with Crippen molar-refractivity contribution in [3.8, 4) is 0 Å². The molecular weight excluding hydrogens is 361 g/mol. The van der Waals surface area contributed by atoms with Gasteiger partial charge in [0.15, 0.2) is 0 Å². The minimum absolute atomic E-state index is 0.0931. The number of likely N-dealkylation sites (N-methyl/N-ethyl adjacent to an activating group) is 1. The van der Waals surface area contributed by atoms with Crippen LogP contribution >= 0.6 is 0 Å². The molecule has 6 nitrogen and oxygen atoms in total. The third-order valence-electron chi connectivity index (χ3n) is 4.91. The van der Waals surface area contributed by atoms with Crippen molar-refractivity contribution >= 4 is 28.5 Å². The number of fused-ring (bicyclic) bond motifs is 1. The second-order valence-electron chi connectivity index (χ2n) is 6.86. The first-order valence-corrected chi connectivity index (χ1v) is 9.09. The standard InChI is InChI=1S/C21H20FN3O3/c1-24-9-11-25(12-10-24)21(27)19-18(16-7-2-3-8-17(16)28-19)23-20(26)14-5-4-6-15(22)13-14/h2-8,13H,9-12H2,1H3,(H,23,26). The van der Waals surface area contributed by atoms with Gasteiger partial charge in [0.2, 0.25) is 5.76 Å². The van der Waals surface area contributed by atoms with Crippen LogP contribution in [0.5, 0.6) is 0 Å². The number of para-hydroxylation sites is 1. The maximum atomic E-state index is 13.5. The van der Waals surface area contributed by atoms with E-state index in [1.165, 1.54) is 18.2 Å². The fourth-order valence-corrected chi connectivity index (χ4v) is 3.29. The lowest BCUT2D eigenvalue weighted by Gasteiger charge is -2.32. The fourth-order valence-electron chi connectivity index (χ4n) is 3.29. The Morgan fingerprint density at radius 3 is 2.54 bits per heavy atom. The molecule has 4 rings (SSSR count). The SMILES string of the molecule is CN1CCN(C(=O)c2oc3ccccc3c2NC(=O)c2cccc(F)c2)CC1. The lowest BCUT2D eigenvalue weighted by Crippen LogP contribution is -2.47. The van der Waals surface area contributed by atoms with E-state index in [4.69, 9.17) is 4.42 Å². The van der Waals surface area contributed by atoms with Gasteiger partial charge in [-0.1, -0.05) is 18.2 Å². The van der Waals surface area contributed by atoms with E-state index >= 15 is 0 Å². The lowest BCUT2D eigenvalue weighted by atomic mass is 10.1. The van der Waals surface area contributed by atoms with Gasteiger partial charge in [0.05, 0.1) is 0 Å². The second-order valence-corrected chi connectivity index (χ2v) is 6.86. The van der Waals surface area contributed by atoms with Gasteiger partial charge >= 0.3 is 0 Å². The number of amides is 2. The highest BCUT2D eigenvalue weighted by Crippen LogP contribution is 2.32. The van der Waals surface area contributed by atoms with Crippen LogP contribution in [0.25, 0.3) is 11.0 Å². The zero-order valence-electron chi connectivity index (χ0n) is 15.4. The molecule has 2 aromatic carbocycles. The van der Waals surface area contributed by atoms with Crippen LogP contribution in [-0.2, 0) is 0 Å². The van der Waals surface area contributed by atoms with Crippen LogP contribution < -0.4 is 5.32 Å². The summed E-state index contributed by atoms with van der Waals surface area (Å²) < 4.78 is 19.3. The first kappa shape index (κ1) is 18.2. The topological polar surface area (TPSA) is 65.8 Å². The van der Waals surface area contributed by atoms with Crippen LogP contribution in [0.1, 0.15) is 20.9 Å². The molecule has 2 amide bonds. The minimum atomic E-state index is -0.501. The molecule has 1 N–H and O–H groups in total. The largest absolute Gasteiger partial charge is 0.449 e. The lowest BCUT2D eigenvalue weighted by molar-refractivity contribution is 0.0636. The number of nitrogens with one attached hydrogen (secondary N) is 1. The highest BCUT2D eigenvalue weighted by atomic mass is 19.1. The van der Waals surface area contributed by atoms with Gasteiger partial charge < -0.3 is 19.5 Å². The number of carbonyl (C=O) groups is 2. The predicted molar refractivity (Wildman–Crippen MR) is 104 cm³/mol. The van der Waals surface area contributed by atoms with E-state index in [1.54, 1.807) is 29.2 Å². The van der Waals surface area contributed by atoms with Crippen LogP contribution in [0, 0.1) is 5.82 Å². The molecule has 144 valence electrons. The van der Waals surface area contributed by atoms with Crippen LogP contribution in [0.4, 0.5) is 10.1 Å². The van der Waals surface area contributed by atoms with Gasteiger partial charge in [-0.2, -0.15) is 0 Å². The van der Waals surface area contributed by atoms with Crippen molar-refractivity contribution in [2.45, 2.75) is 0 Å². The third kappa shape index (κ3) is 3.48. The van der Waals surface area contributed by atoms with Gasteiger partial charge in [-0.3, -0.25) is 9.59 Å². The Balaban J connectivity index is 1.69. The van der Waals surface area contributed by atoms with Crippen molar-refractivity contribution in [3.63, 3.8) is 0 Å². The Bertz CT molecular complexity index is 1040. The smallest absolute Gasteiger partial charge is 0.291 e. The van der Waals surface area contributed by atoms with Crippen molar-refractivity contribution in [2.75, 3.05) is 38.5 Å². The van der Waals surface area contributed by atoms with E-state index in [-0.39, 0.29) is 17.2 Å². The summed E-state index contributed by atoms with van der Waals surface area (Å²) >= 11 is 0. The highest BCUT2D eigenvalue weighted by Gasteiger charge is 2.28. The molecule has 1 aliphatic rings. The molecule has 0 atom stereocenters. The molecule has 2 heterocycles. The zero-order chi connectivity index (χ0) is 19.7. The summed E-state index contributed by atoms with van der Waals surface area (Å²) in [6.45, 7) is 2.72. The maximum Gasteiger partial charge on any atom is 0.291 e. The highest BCUT2D eigenvalue weighted by molar-refractivity contribution is 6.14. The molecule has 28 heavy (non-hydrogen) atoms. The monoisotopic (exact) mass is 381 g/mol. The molecule has 3 aromatic rings. The molecule has 7 heteroatoms. The first-order chi connectivity index (χ1) is 13.5. The number of piperazine rings is 1. The van der Waals surface area contributed by atoms with Crippen LogP contribution in [-0.4, -0.2) is 54.8 Å². The van der Waals surface area contributed by atoms with Gasteiger partial charge in [0, 0.05) is 37.1 Å². The molecule has 1 saturated heterocycles. The van der Waals surface area contributed by atoms with Crippen LogP contribution in [0.3, 0.4) is 0 Å². The molecule has 0 spiro atoms. The summed E-state index contributed by atoms with van der Waals surface area (Å²) in [6, 6.07) is 12.5. The van der Waals surface area contributed by atoms with Crippen molar-refractivity contribution < 1.29 is 18.4 Å². The summed E-state index contributed by atoms with van der Waals surface area (Å²) in [5.41, 5.74) is 0.992. The second kappa shape index (κ2) is 7.44. The number of anilines is 1. The Kier molecular flexibility index (Phi) is 4.83. The number of carbonyl (C=O) groups excluding carboxylic acids is 2. The Labute approximate surface area is 161 Å². The van der Waals surface area contributed by atoms with Gasteiger partial charge in [0.1, 0.15) is 17.1 Å². The van der Waals surface area contributed by atoms with E-state index < -0.39 is 11.7 Å². The molecule has 0 saturated carbocycles. The van der Waals surface area contributed by atoms with E-state index in [1.807, 2.05) is 7.05 Å². The van der Waals surface area contributed by atoms with Crippen molar-refractivity contribution in [1.82, 2.24) is 9.80 Å². The van der Waals surface area contributed by atoms with Crippen LogP contribution in [0.2, 0.25) is 0 Å². The molecule has 0 aliphatic carbocycles. The predicted octanol–water partition coefficient (Wildman–Crippen LogP) is 3.21. The number of nitrogens with zero attached hydrogens (tertiary/aromatic N) is 2. The Morgan fingerprint density at radius 1 is 1.04 bits per heavy atom. The first-order valence-electron chi connectivity index (χ1n) is 9.09. The average Bonchev–Trinajstić information content (AvgIpc) is 3.06. The summed E-state index contributed by atoms with van der Waals surface area (Å²) in [5.74, 6) is -1.17. The number of furan rings is 1. The molecule has 0 bridgehead atoms. The van der Waals surface area contributed by atoms with Crippen molar-refractivity contribution in [3.05, 3.63) is 65.7 Å². The van der Waals surface area contributed by atoms with Gasteiger partial charge in [-0.25, -0.2) is 4.39 Å². The number of halogens is 1. The van der Waals surface area contributed by atoms with E-state index in [2.05, 4.69) is 10.2 Å². The summed E-state index contributed by atoms with van der Waals surface area (Å²) in [5, 5.41) is 3.38. The zero-order valence-corrected chi connectivity index (χ0v) is 15.4. The summed E-state index contributed by atoms with van der Waals surface area (Å²) in [6.07, 6.45) is 0. The fraction of sp³-hybridized carbons (Fsp3) is 0.238. The molecule has 0 radical (unpaired) electrons. The van der Waals surface area contributed by atoms with E-state index in [9.17, 15) is 14.0 Å². The molecule has 0 unspecified atom stereocenters. The van der Waals surface area contributed by atoms with Gasteiger partial charge in [-0.15, -0.1) is 0 Å². The summed E-state index contributed by atoms with van der Waals surface area (Å²) in [7, 11) is 2.01. The Hall–Kier alpha value is -3.19. The quantitative estimate of drug-likeness (QED) is 0.757. The maximum absolute atomic E-state index is 13.5. The van der Waals surface area contributed by atoms with Crippen molar-refractivity contribution in [1.29, 1.82) is 0 Å². The number of benzene rings is 2. The number of hydrogen-bond donors (Lipinski definition) is 1. The summed E-state index contributed by atoms with van der Waals surface area (Å²) in [4.78, 5) is 29.6. The van der Waals surface area contributed by atoms with Crippen LogP contribution in [0.15, 0.2) is 52.9 Å². The van der Waals surface area contributed by atoms with Gasteiger partial charge in [0.25, 0.3) is 11.8 Å². The molecule has 1 fully saturated rings. The van der Waals surface area contributed by atoms with E-state index in [0.717, 1.165) is 19.2 Å². The average molecular weight is 381 g/mol. The normalized spacial score (nSPS) is 15.0. The minimum Gasteiger partial charge on any atom is -0.449 e. The van der Waals surface area contributed by atoms with Gasteiger partial charge in [-0.05, 0) is 37.4 Å². The number of rotatable bonds is 3. The van der Waals surface area contributed by atoms with Crippen molar-refractivity contribution in [2.24, 2.45) is 0 Å². The molecule has 1 aliphatic heterocycles. The molecular formula is C21H20FN3O3. The molecule has 1 aromatic heterocycles. The third-order valence-corrected chi connectivity index (χ3v) is 4.91. The Morgan fingerprint density at radius 2 is 1.79 bits per heavy atom. The van der Waals surface area contributed by atoms with E-state index in [0.29, 0.717) is 29.7 Å².